The van der Waals surface area contributed by atoms with Gasteiger partial charge in [-0.2, -0.15) is 0 Å². The lowest BCUT2D eigenvalue weighted by molar-refractivity contribution is -0.138. The second-order valence-electron chi connectivity index (χ2n) is 12.9. The van der Waals surface area contributed by atoms with Crippen molar-refractivity contribution in [3.8, 4) is 0 Å². The molecule has 5 N–H and O–H groups in total. The van der Waals surface area contributed by atoms with E-state index in [-0.39, 0.29) is 110 Å². The van der Waals surface area contributed by atoms with Crippen molar-refractivity contribution in [2.24, 2.45) is 5.92 Å². The molecule has 1 aliphatic rings. The number of carbonyl (C=O) groups is 10. The van der Waals surface area contributed by atoms with Crippen molar-refractivity contribution in [1.29, 1.82) is 0 Å². The lowest BCUT2D eigenvalue weighted by atomic mass is 10.0. The van der Waals surface area contributed by atoms with Gasteiger partial charge in [-0.1, -0.05) is 13.8 Å². The lowest BCUT2D eigenvalue weighted by Gasteiger charge is -2.23. The molecule has 0 saturated carbocycles. The van der Waals surface area contributed by atoms with Crippen molar-refractivity contribution in [3.63, 3.8) is 0 Å². The molecule has 0 aliphatic carbocycles. The molecule has 0 bridgehead atoms. The van der Waals surface area contributed by atoms with Crippen molar-refractivity contribution in [2.45, 2.75) is 65.0 Å². The summed E-state index contributed by atoms with van der Waals surface area (Å²) in [6.45, 7) is 6.73. The maximum Gasteiger partial charge on any atom is 0.322 e. The lowest BCUT2D eigenvalue weighted by Crippen LogP contribution is -2.53. The minimum Gasteiger partial charge on any atom is -0.379 e. The third-order valence-electron chi connectivity index (χ3n) is 7.88. The Bertz CT molecular complexity index is 1360. The number of rotatable bonds is 32. The number of nitrogens with zero attached hydrogens (tertiary/aromatic N) is 2. The zero-order valence-electron chi connectivity index (χ0n) is 32.9. The van der Waals surface area contributed by atoms with Gasteiger partial charge in [-0.05, 0) is 12.8 Å². The Morgan fingerprint density at radius 3 is 1.81 bits per heavy atom. The van der Waals surface area contributed by atoms with Crippen LogP contribution in [0.5, 0.6) is 0 Å². The number of ether oxygens (including phenoxy) is 4. The molecule has 0 aromatic heterocycles. The third-order valence-corrected chi connectivity index (χ3v) is 7.88. The Morgan fingerprint density at radius 1 is 0.684 bits per heavy atom. The van der Waals surface area contributed by atoms with Gasteiger partial charge in [0.2, 0.25) is 29.5 Å². The number of aldehydes is 2. The smallest absolute Gasteiger partial charge is 0.322 e. The molecular formula is C36H57N7O14. The number of urea groups is 1. The monoisotopic (exact) mass is 811 g/mol. The third kappa shape index (κ3) is 23.5. The minimum atomic E-state index is -1.01. The van der Waals surface area contributed by atoms with Crippen LogP contribution in [0.25, 0.3) is 0 Å². The molecule has 0 aromatic carbocycles. The maximum atomic E-state index is 13.0. The fourth-order valence-corrected chi connectivity index (χ4v) is 4.83. The summed E-state index contributed by atoms with van der Waals surface area (Å²) in [6, 6.07) is -2.34. The van der Waals surface area contributed by atoms with Gasteiger partial charge < -0.3 is 54.7 Å². The van der Waals surface area contributed by atoms with Crippen LogP contribution in [-0.4, -0.2) is 167 Å². The predicted octanol–water partition coefficient (Wildman–Crippen LogP) is -2.26. The average Bonchev–Trinajstić information content (AvgIpc) is 3.48. The molecule has 1 rings (SSSR count). The van der Waals surface area contributed by atoms with Gasteiger partial charge in [0.15, 0.2) is 0 Å². The summed E-state index contributed by atoms with van der Waals surface area (Å²) >= 11 is 0. The average molecular weight is 812 g/mol. The highest BCUT2D eigenvalue weighted by Crippen LogP contribution is 2.05. The van der Waals surface area contributed by atoms with E-state index in [0.29, 0.717) is 32.4 Å². The van der Waals surface area contributed by atoms with Gasteiger partial charge >= 0.3 is 6.03 Å². The van der Waals surface area contributed by atoms with Crippen LogP contribution in [0, 0.1) is 5.92 Å². The van der Waals surface area contributed by atoms with Gasteiger partial charge in [-0.3, -0.25) is 43.8 Å². The summed E-state index contributed by atoms with van der Waals surface area (Å²) in [4.78, 5) is 121. The predicted molar refractivity (Wildman–Crippen MR) is 200 cm³/mol. The van der Waals surface area contributed by atoms with Crippen molar-refractivity contribution >= 4 is 60.0 Å². The van der Waals surface area contributed by atoms with Crippen LogP contribution in [0.4, 0.5) is 4.79 Å². The first-order valence-corrected chi connectivity index (χ1v) is 18.7. The van der Waals surface area contributed by atoms with Gasteiger partial charge in [0.25, 0.3) is 11.8 Å². The Hall–Kier alpha value is -5.12. The highest BCUT2D eigenvalue weighted by molar-refractivity contribution is 6.13. The van der Waals surface area contributed by atoms with E-state index in [9.17, 15) is 47.9 Å². The Labute approximate surface area is 331 Å². The summed E-state index contributed by atoms with van der Waals surface area (Å²) < 4.78 is 21.7. The first kappa shape index (κ1) is 49.9. The summed E-state index contributed by atoms with van der Waals surface area (Å²) in [7, 11) is 0. The minimum absolute atomic E-state index is 0.000784. The molecule has 0 aromatic rings. The van der Waals surface area contributed by atoms with Gasteiger partial charge in [-0.15, -0.1) is 0 Å². The number of carbonyl (C=O) groups excluding carboxylic acids is 10. The van der Waals surface area contributed by atoms with Crippen molar-refractivity contribution in [3.05, 3.63) is 12.2 Å². The molecule has 0 fully saturated rings. The van der Waals surface area contributed by atoms with E-state index >= 15 is 0 Å². The van der Waals surface area contributed by atoms with Crippen LogP contribution < -0.4 is 26.6 Å². The molecule has 1 aliphatic heterocycles. The number of imide groups is 2. The molecule has 0 saturated heterocycles. The van der Waals surface area contributed by atoms with Gasteiger partial charge in [0.1, 0.15) is 18.6 Å². The molecule has 1 heterocycles. The summed E-state index contributed by atoms with van der Waals surface area (Å²) in [6.07, 6.45) is 3.16. The number of hydrogen-bond acceptors (Lipinski definition) is 14. The van der Waals surface area contributed by atoms with E-state index < -0.39 is 53.6 Å². The number of hydrogen-bond donors (Lipinski definition) is 5. The maximum absolute atomic E-state index is 13.0. The molecule has 0 radical (unpaired) electrons. The van der Waals surface area contributed by atoms with E-state index in [1.807, 2.05) is 0 Å². The Morgan fingerprint density at radius 2 is 1.25 bits per heavy atom. The molecule has 21 nitrogen and oxygen atoms in total. The van der Waals surface area contributed by atoms with Crippen molar-refractivity contribution in [2.75, 3.05) is 85.6 Å². The molecule has 2 unspecified atom stereocenters. The quantitative estimate of drug-likeness (QED) is 0.0273. The number of amides is 9. The molecule has 57 heavy (non-hydrogen) atoms. The van der Waals surface area contributed by atoms with E-state index in [2.05, 4.69) is 26.6 Å². The SMILES string of the molecule is CC(CC=O)NC(=O)CCN(CCC(=O)NC(=O)NC(C(=O)NCC=O)C(C)C)C(=O)CCOCCOCCOCCOCCNC(=O)CCN1C(=O)C=CC1=O. The van der Waals surface area contributed by atoms with Crippen LogP contribution in [0.1, 0.15) is 52.9 Å². The second-order valence-corrected chi connectivity index (χ2v) is 12.9. The second kappa shape index (κ2) is 30.1. The molecule has 9 amide bonds. The van der Waals surface area contributed by atoms with Crippen molar-refractivity contribution in [1.82, 2.24) is 36.4 Å². The van der Waals surface area contributed by atoms with Crippen LogP contribution >= 0.6 is 0 Å². The Balaban J connectivity index is 2.31. The molecular weight excluding hydrogens is 754 g/mol. The summed E-state index contributed by atoms with van der Waals surface area (Å²) in [5.41, 5.74) is 0. The topological polar surface area (TPSA) is 274 Å². The van der Waals surface area contributed by atoms with Crippen molar-refractivity contribution < 1.29 is 66.9 Å². The van der Waals surface area contributed by atoms with Gasteiger partial charge in [0, 0.05) is 70.1 Å². The van der Waals surface area contributed by atoms with E-state index in [1.54, 1.807) is 20.8 Å². The normalized spacial score (nSPS) is 13.2. The first-order valence-electron chi connectivity index (χ1n) is 18.7. The van der Waals surface area contributed by atoms with E-state index in [0.717, 1.165) is 17.1 Å². The molecule has 2 atom stereocenters. The highest BCUT2D eigenvalue weighted by Gasteiger charge is 2.26. The standard InChI is InChI=1S/C36H57N7O14/c1-26(2)34(35(52)38-11-17-45)41-36(53)40-30(48)7-14-42(13-6-29(47)39-27(3)9-16-44)31(49)10-18-54-20-22-56-24-25-57-23-21-55-19-12-37-28(46)8-15-43-32(50)4-5-33(43)51/h4-5,16-17,26-27,34H,6-15,18-25H2,1-3H3,(H,37,46)(H,38,52)(H,39,47)(H2,40,41,48,53). The number of nitrogens with one attached hydrogen (secondary N) is 5. The van der Waals surface area contributed by atoms with Crippen LogP contribution in [0.3, 0.4) is 0 Å². The zero-order chi connectivity index (χ0) is 42.4. The largest absolute Gasteiger partial charge is 0.379 e. The van der Waals surface area contributed by atoms with Gasteiger partial charge in [0.05, 0.1) is 65.8 Å². The van der Waals surface area contributed by atoms with Crippen LogP contribution in [-0.2, 0) is 62.1 Å². The summed E-state index contributed by atoms with van der Waals surface area (Å²) in [5, 5.41) is 12.2. The zero-order valence-corrected chi connectivity index (χ0v) is 32.9. The fourth-order valence-electron chi connectivity index (χ4n) is 4.83. The molecule has 21 heteroatoms. The van der Waals surface area contributed by atoms with E-state index in [1.165, 1.54) is 4.90 Å². The van der Waals surface area contributed by atoms with Crippen LogP contribution in [0.15, 0.2) is 12.2 Å². The van der Waals surface area contributed by atoms with E-state index in [4.69, 9.17) is 18.9 Å². The highest BCUT2D eigenvalue weighted by atomic mass is 16.6. The summed E-state index contributed by atoms with van der Waals surface area (Å²) in [5.74, 6) is -3.66. The fraction of sp³-hybridized carbons (Fsp3) is 0.667. The Kier molecular flexibility index (Phi) is 26.3. The molecule has 320 valence electrons. The van der Waals surface area contributed by atoms with Gasteiger partial charge in [-0.25, -0.2) is 4.79 Å². The van der Waals surface area contributed by atoms with Crippen LogP contribution in [0.2, 0.25) is 0 Å². The first-order chi connectivity index (χ1) is 27.3. The molecule has 0 spiro atoms.